The summed E-state index contributed by atoms with van der Waals surface area (Å²) >= 11 is 0. The lowest BCUT2D eigenvalue weighted by molar-refractivity contribution is 0.262. The Morgan fingerprint density at radius 3 is 2.38 bits per heavy atom. The molecule has 0 saturated heterocycles. The number of amides is 2. The van der Waals surface area contributed by atoms with Crippen molar-refractivity contribution in [2.45, 2.75) is 20.8 Å². The van der Waals surface area contributed by atoms with Gasteiger partial charge in [-0.3, -0.25) is 0 Å². The zero-order valence-electron chi connectivity index (χ0n) is 14.0. The summed E-state index contributed by atoms with van der Waals surface area (Å²) in [4.78, 5) is 12.2. The quantitative estimate of drug-likeness (QED) is 0.749. The van der Waals surface area contributed by atoms with Crippen LogP contribution in [-0.4, -0.2) is 15.8 Å². The molecule has 0 saturated carbocycles. The Bertz CT molecular complexity index is 865. The Labute approximate surface area is 141 Å². The lowest BCUT2D eigenvalue weighted by Crippen LogP contribution is -2.20. The van der Waals surface area contributed by atoms with Gasteiger partial charge in [-0.05, 0) is 68.3 Å². The first-order chi connectivity index (χ1) is 11.5. The number of hydrogen-bond donors (Lipinski definition) is 2. The van der Waals surface area contributed by atoms with E-state index in [-0.39, 0.29) is 6.03 Å². The van der Waals surface area contributed by atoms with Crippen molar-refractivity contribution in [3.8, 4) is 5.69 Å². The minimum absolute atomic E-state index is 0.258. The van der Waals surface area contributed by atoms with Crippen LogP contribution >= 0.6 is 0 Å². The predicted octanol–water partition coefficient (Wildman–Crippen LogP) is 4.44. The molecule has 0 spiro atoms. The van der Waals surface area contributed by atoms with E-state index in [2.05, 4.69) is 15.7 Å². The van der Waals surface area contributed by atoms with E-state index in [0.29, 0.717) is 0 Å². The van der Waals surface area contributed by atoms with E-state index in [4.69, 9.17) is 0 Å². The van der Waals surface area contributed by atoms with E-state index in [0.717, 1.165) is 33.9 Å². The molecule has 122 valence electrons. The molecule has 0 aliphatic heterocycles. The van der Waals surface area contributed by atoms with Crippen molar-refractivity contribution in [2.24, 2.45) is 0 Å². The average molecular weight is 320 g/mol. The van der Waals surface area contributed by atoms with E-state index in [1.807, 2.05) is 75.5 Å². The van der Waals surface area contributed by atoms with Crippen LogP contribution in [0.5, 0.6) is 0 Å². The van der Waals surface area contributed by atoms with E-state index < -0.39 is 0 Å². The van der Waals surface area contributed by atoms with Crippen molar-refractivity contribution in [1.29, 1.82) is 0 Å². The highest BCUT2D eigenvalue weighted by atomic mass is 16.2. The molecule has 0 atom stereocenters. The number of benzene rings is 2. The molecule has 24 heavy (non-hydrogen) atoms. The largest absolute Gasteiger partial charge is 0.323 e. The summed E-state index contributed by atoms with van der Waals surface area (Å²) in [6.45, 7) is 5.91. The molecule has 0 radical (unpaired) electrons. The second-order valence-electron chi connectivity index (χ2n) is 5.85. The van der Waals surface area contributed by atoms with Gasteiger partial charge in [0.1, 0.15) is 0 Å². The maximum absolute atomic E-state index is 12.2. The fourth-order valence-electron chi connectivity index (χ4n) is 2.41. The van der Waals surface area contributed by atoms with Crippen LogP contribution in [0.15, 0.2) is 54.7 Å². The molecule has 0 bridgehead atoms. The number of aryl methyl sites for hydroxylation is 3. The number of anilines is 2. The fraction of sp³-hybridized carbons (Fsp3) is 0.158. The zero-order valence-corrected chi connectivity index (χ0v) is 14.0. The number of nitrogens with zero attached hydrogens (tertiary/aromatic N) is 2. The highest BCUT2D eigenvalue weighted by Gasteiger charge is 2.06. The lowest BCUT2D eigenvalue weighted by Gasteiger charge is -2.11. The van der Waals surface area contributed by atoms with Crippen molar-refractivity contribution in [1.82, 2.24) is 9.78 Å². The first-order valence-corrected chi connectivity index (χ1v) is 7.79. The van der Waals surface area contributed by atoms with Gasteiger partial charge in [0.05, 0.1) is 11.4 Å². The molecule has 5 heteroatoms. The molecule has 1 heterocycles. The molecule has 3 aromatic rings. The summed E-state index contributed by atoms with van der Waals surface area (Å²) in [7, 11) is 0. The Hall–Kier alpha value is -3.08. The molecule has 0 aliphatic rings. The van der Waals surface area contributed by atoms with Gasteiger partial charge < -0.3 is 10.6 Å². The van der Waals surface area contributed by atoms with Crippen LogP contribution < -0.4 is 10.6 Å². The summed E-state index contributed by atoms with van der Waals surface area (Å²) in [5.74, 6) is 0. The Balaban J connectivity index is 1.67. The minimum Gasteiger partial charge on any atom is -0.308 e. The van der Waals surface area contributed by atoms with Crippen LogP contribution in [0.1, 0.15) is 16.8 Å². The maximum atomic E-state index is 12.2. The summed E-state index contributed by atoms with van der Waals surface area (Å²) in [6, 6.07) is 15.2. The van der Waals surface area contributed by atoms with Crippen LogP contribution in [0.4, 0.5) is 16.2 Å². The van der Waals surface area contributed by atoms with E-state index in [9.17, 15) is 4.79 Å². The van der Waals surface area contributed by atoms with Crippen molar-refractivity contribution in [3.63, 3.8) is 0 Å². The van der Waals surface area contributed by atoms with Gasteiger partial charge in [-0.1, -0.05) is 12.1 Å². The summed E-state index contributed by atoms with van der Waals surface area (Å²) in [5.41, 5.74) is 5.59. The Kier molecular flexibility index (Phi) is 4.33. The fourth-order valence-corrected chi connectivity index (χ4v) is 2.41. The predicted molar refractivity (Wildman–Crippen MR) is 96.9 cm³/mol. The second-order valence-corrected chi connectivity index (χ2v) is 5.85. The third kappa shape index (κ3) is 3.63. The number of urea groups is 1. The molecule has 2 N–H and O–H groups in total. The van der Waals surface area contributed by atoms with Crippen LogP contribution in [0.25, 0.3) is 5.69 Å². The third-order valence-corrected chi connectivity index (χ3v) is 3.75. The summed E-state index contributed by atoms with van der Waals surface area (Å²) in [5, 5.41) is 10.1. The zero-order chi connectivity index (χ0) is 17.1. The molecule has 2 aromatic carbocycles. The van der Waals surface area contributed by atoms with Crippen molar-refractivity contribution < 1.29 is 4.79 Å². The monoisotopic (exact) mass is 320 g/mol. The smallest absolute Gasteiger partial charge is 0.308 e. The molecule has 2 amide bonds. The van der Waals surface area contributed by atoms with Crippen LogP contribution in [0.3, 0.4) is 0 Å². The van der Waals surface area contributed by atoms with Crippen LogP contribution in [0.2, 0.25) is 0 Å². The van der Waals surface area contributed by atoms with Crippen LogP contribution in [-0.2, 0) is 0 Å². The highest BCUT2D eigenvalue weighted by Crippen LogP contribution is 2.17. The Morgan fingerprint density at radius 1 is 0.958 bits per heavy atom. The van der Waals surface area contributed by atoms with Crippen molar-refractivity contribution in [3.05, 3.63) is 71.5 Å². The average Bonchev–Trinajstić information content (AvgIpc) is 2.98. The number of rotatable bonds is 3. The van der Waals surface area contributed by atoms with E-state index >= 15 is 0 Å². The molecule has 0 fully saturated rings. The maximum Gasteiger partial charge on any atom is 0.323 e. The van der Waals surface area contributed by atoms with Gasteiger partial charge in [0.2, 0.25) is 0 Å². The molecule has 3 rings (SSSR count). The molecule has 1 aromatic heterocycles. The normalized spacial score (nSPS) is 10.5. The number of hydrogen-bond acceptors (Lipinski definition) is 2. The van der Waals surface area contributed by atoms with Gasteiger partial charge in [-0.25, -0.2) is 9.48 Å². The first kappa shape index (κ1) is 15.8. The van der Waals surface area contributed by atoms with Crippen molar-refractivity contribution in [2.75, 3.05) is 10.6 Å². The number of aromatic nitrogens is 2. The van der Waals surface area contributed by atoms with Gasteiger partial charge in [0, 0.05) is 17.6 Å². The van der Waals surface area contributed by atoms with Gasteiger partial charge in [0.15, 0.2) is 0 Å². The molecule has 0 aliphatic carbocycles. The molecular formula is C19H20N4O. The van der Waals surface area contributed by atoms with Crippen molar-refractivity contribution >= 4 is 17.4 Å². The lowest BCUT2D eigenvalue weighted by atomic mass is 10.1. The second kappa shape index (κ2) is 6.58. The van der Waals surface area contributed by atoms with Gasteiger partial charge in [-0.15, -0.1) is 0 Å². The Morgan fingerprint density at radius 2 is 1.71 bits per heavy atom. The highest BCUT2D eigenvalue weighted by molar-refractivity contribution is 6.00. The topological polar surface area (TPSA) is 59.0 Å². The summed E-state index contributed by atoms with van der Waals surface area (Å²) < 4.78 is 1.80. The first-order valence-electron chi connectivity index (χ1n) is 7.79. The number of nitrogens with one attached hydrogen (secondary N) is 2. The van der Waals surface area contributed by atoms with Crippen LogP contribution in [0, 0.1) is 20.8 Å². The minimum atomic E-state index is -0.258. The van der Waals surface area contributed by atoms with Gasteiger partial charge >= 0.3 is 6.03 Å². The molecular weight excluding hydrogens is 300 g/mol. The number of carbonyl (C=O) groups excluding carboxylic acids is 1. The van der Waals surface area contributed by atoms with E-state index in [1.54, 1.807) is 4.68 Å². The standard InChI is InChI=1S/C19H20N4O/c1-13-4-5-14(2)18(12-13)21-19(24)20-16-6-8-17(9-7-16)23-11-10-15(3)22-23/h4-12H,1-3H3,(H2,20,21,24). The van der Waals surface area contributed by atoms with Gasteiger partial charge in [0.25, 0.3) is 0 Å². The van der Waals surface area contributed by atoms with E-state index in [1.165, 1.54) is 0 Å². The van der Waals surface area contributed by atoms with Gasteiger partial charge in [-0.2, -0.15) is 5.10 Å². The summed E-state index contributed by atoms with van der Waals surface area (Å²) in [6.07, 6.45) is 1.91. The SMILES string of the molecule is Cc1ccc(C)c(NC(=O)Nc2ccc(-n3ccc(C)n3)cc2)c1. The molecule has 0 unspecified atom stereocenters. The molecule has 5 nitrogen and oxygen atoms in total. The third-order valence-electron chi connectivity index (χ3n) is 3.75. The number of carbonyl (C=O) groups is 1.